The number of hydrogen-bond acceptors (Lipinski definition) is 4. The Morgan fingerprint density at radius 2 is 1.71 bits per heavy atom. The molecule has 5 nitrogen and oxygen atoms in total. The third-order valence-electron chi connectivity index (χ3n) is 5.57. The van der Waals surface area contributed by atoms with Crippen LogP contribution in [0, 0.1) is 5.92 Å². The Morgan fingerprint density at radius 3 is 2.26 bits per heavy atom. The van der Waals surface area contributed by atoms with Crippen molar-refractivity contribution < 1.29 is 36.7 Å². The average molecular weight is 498 g/mol. The van der Waals surface area contributed by atoms with Crippen LogP contribution in [0.5, 0.6) is 0 Å². The maximum Gasteiger partial charge on any atom is 0.412 e. The number of amides is 1. The zero-order valence-corrected chi connectivity index (χ0v) is 20.3. The minimum absolute atomic E-state index is 0.0263. The Bertz CT molecular complexity index is 988. The van der Waals surface area contributed by atoms with Crippen molar-refractivity contribution in [3.8, 4) is 0 Å². The molecule has 2 atom stereocenters. The van der Waals surface area contributed by atoms with Gasteiger partial charge in [0.05, 0.1) is 12.3 Å². The van der Waals surface area contributed by atoms with Crippen LogP contribution in [0.3, 0.4) is 0 Å². The van der Waals surface area contributed by atoms with Crippen LogP contribution < -0.4 is 5.32 Å². The van der Waals surface area contributed by atoms with E-state index < -0.39 is 47.3 Å². The largest absolute Gasteiger partial charge is 0.460 e. The van der Waals surface area contributed by atoms with Crippen LogP contribution >= 0.6 is 0 Å². The van der Waals surface area contributed by atoms with Gasteiger partial charge in [-0.3, -0.25) is 14.4 Å². The maximum absolute atomic E-state index is 14.1. The number of nitrogens with one attached hydrogen (secondary N) is 1. The molecule has 1 aromatic rings. The molecule has 0 spiro atoms. The van der Waals surface area contributed by atoms with Gasteiger partial charge >= 0.3 is 12.1 Å². The third-order valence-corrected chi connectivity index (χ3v) is 5.57. The molecule has 0 bridgehead atoms. The number of esters is 1. The zero-order chi connectivity index (χ0) is 26.4. The first-order valence-corrected chi connectivity index (χ1v) is 11.5. The van der Waals surface area contributed by atoms with Gasteiger partial charge in [0.2, 0.25) is 0 Å². The van der Waals surface area contributed by atoms with Crippen LogP contribution in [-0.2, 0) is 14.3 Å². The number of ether oxygens (including phenoxy) is 1. The monoisotopic (exact) mass is 497 g/mol. The van der Waals surface area contributed by atoms with Crippen molar-refractivity contribution in [2.45, 2.75) is 71.1 Å². The Labute approximate surface area is 202 Å². The van der Waals surface area contributed by atoms with E-state index in [-0.39, 0.29) is 31.2 Å². The molecule has 0 aromatic heterocycles. The second kappa shape index (κ2) is 11.6. The van der Waals surface area contributed by atoms with Gasteiger partial charge in [0.25, 0.3) is 5.91 Å². The molecule has 1 amide bonds. The van der Waals surface area contributed by atoms with Crippen molar-refractivity contribution in [2.24, 2.45) is 5.92 Å². The number of Topliss-reactive ketones (excluding diaryl/α,β-unsaturated/α-hetero) is 1. The molecule has 1 N–H and O–H groups in total. The van der Waals surface area contributed by atoms with Gasteiger partial charge in [-0.2, -0.15) is 13.2 Å². The molecule has 0 saturated heterocycles. The van der Waals surface area contributed by atoms with Gasteiger partial charge < -0.3 is 10.1 Å². The van der Waals surface area contributed by atoms with Crippen LogP contribution in [0.15, 0.2) is 47.8 Å². The van der Waals surface area contributed by atoms with Gasteiger partial charge in [0.15, 0.2) is 0 Å². The van der Waals surface area contributed by atoms with E-state index >= 15 is 0 Å². The lowest BCUT2D eigenvalue weighted by atomic mass is 9.83. The number of carbonyl (C=O) groups excluding carboxylic acids is 3. The summed E-state index contributed by atoms with van der Waals surface area (Å²) in [5, 5.41) is 2.64. The molecular formula is C26H31F4NO4. The molecule has 0 saturated carbocycles. The quantitative estimate of drug-likeness (QED) is 0.337. The minimum Gasteiger partial charge on any atom is -0.460 e. The number of carbonyl (C=O) groups is 3. The SMILES string of the molecule is CCC(CC(=O)C1CC(C(F)(F)F)=CC=C1F)c1ccc(C(=O)NCCC(=O)OC(C)(C)C)cc1. The Morgan fingerprint density at radius 1 is 1.09 bits per heavy atom. The molecule has 192 valence electrons. The fourth-order valence-corrected chi connectivity index (χ4v) is 3.72. The van der Waals surface area contributed by atoms with E-state index in [1.54, 1.807) is 45.0 Å². The molecule has 1 aliphatic rings. The highest BCUT2D eigenvalue weighted by atomic mass is 19.4. The van der Waals surface area contributed by atoms with E-state index in [9.17, 15) is 31.9 Å². The summed E-state index contributed by atoms with van der Waals surface area (Å²) < 4.78 is 58.3. The molecule has 2 unspecified atom stereocenters. The van der Waals surface area contributed by atoms with Crippen LogP contribution in [-0.4, -0.2) is 36.0 Å². The summed E-state index contributed by atoms with van der Waals surface area (Å²) >= 11 is 0. The van der Waals surface area contributed by atoms with Crippen molar-refractivity contribution >= 4 is 17.7 Å². The number of rotatable bonds is 9. The molecule has 35 heavy (non-hydrogen) atoms. The second-order valence-electron chi connectivity index (χ2n) is 9.49. The summed E-state index contributed by atoms with van der Waals surface area (Å²) in [6.45, 7) is 7.18. The molecular weight excluding hydrogens is 466 g/mol. The van der Waals surface area contributed by atoms with Crippen LogP contribution in [0.1, 0.15) is 75.2 Å². The Balaban J connectivity index is 1.96. The lowest BCUT2D eigenvalue weighted by Crippen LogP contribution is -2.29. The average Bonchev–Trinajstić information content (AvgIpc) is 2.75. The van der Waals surface area contributed by atoms with E-state index in [2.05, 4.69) is 5.32 Å². The van der Waals surface area contributed by atoms with Crippen molar-refractivity contribution in [1.82, 2.24) is 5.32 Å². The van der Waals surface area contributed by atoms with Crippen molar-refractivity contribution in [1.29, 1.82) is 0 Å². The third kappa shape index (κ3) is 8.64. The summed E-state index contributed by atoms with van der Waals surface area (Å²) in [5.41, 5.74) is -0.463. The van der Waals surface area contributed by atoms with Gasteiger partial charge in [-0.05, 0) is 63.3 Å². The summed E-state index contributed by atoms with van der Waals surface area (Å²) in [7, 11) is 0. The van der Waals surface area contributed by atoms with E-state index in [0.29, 0.717) is 24.1 Å². The highest BCUT2D eigenvalue weighted by molar-refractivity contribution is 5.94. The normalized spacial score (nSPS) is 17.2. The lowest BCUT2D eigenvalue weighted by molar-refractivity contribution is -0.154. The van der Waals surface area contributed by atoms with Crippen molar-refractivity contribution in [3.05, 3.63) is 58.9 Å². The minimum atomic E-state index is -4.61. The van der Waals surface area contributed by atoms with Crippen molar-refractivity contribution in [3.63, 3.8) is 0 Å². The smallest absolute Gasteiger partial charge is 0.412 e. The van der Waals surface area contributed by atoms with E-state index in [1.807, 2.05) is 6.92 Å². The van der Waals surface area contributed by atoms with Gasteiger partial charge in [0, 0.05) is 24.1 Å². The number of hydrogen-bond donors (Lipinski definition) is 1. The first-order valence-electron chi connectivity index (χ1n) is 11.5. The molecule has 0 fully saturated rings. The first kappa shape index (κ1) is 28.3. The zero-order valence-electron chi connectivity index (χ0n) is 20.3. The highest BCUT2D eigenvalue weighted by Crippen LogP contribution is 2.38. The standard InChI is InChI=1S/C26H31F4NO4/c1-5-16(14-22(32)20-15-19(26(28,29)30)10-11-21(20)27)17-6-8-18(9-7-17)24(34)31-13-12-23(33)35-25(2,3)4/h6-11,16,20H,5,12-15H2,1-4H3,(H,31,34). The van der Waals surface area contributed by atoms with Crippen LogP contribution in [0.25, 0.3) is 0 Å². The molecule has 1 aliphatic carbocycles. The van der Waals surface area contributed by atoms with Gasteiger partial charge in [-0.25, -0.2) is 4.39 Å². The highest BCUT2D eigenvalue weighted by Gasteiger charge is 2.39. The lowest BCUT2D eigenvalue weighted by Gasteiger charge is -2.23. The fourth-order valence-electron chi connectivity index (χ4n) is 3.72. The number of alkyl halides is 3. The number of halogens is 4. The number of ketones is 1. The maximum atomic E-state index is 14.1. The number of allylic oxidation sites excluding steroid dienone is 4. The summed E-state index contributed by atoms with van der Waals surface area (Å²) in [6.07, 6.45) is -3.51. The molecule has 0 heterocycles. The topological polar surface area (TPSA) is 72.5 Å². The Kier molecular flexibility index (Phi) is 9.40. The molecule has 9 heteroatoms. The van der Waals surface area contributed by atoms with Gasteiger partial charge in [-0.15, -0.1) is 0 Å². The van der Waals surface area contributed by atoms with Gasteiger partial charge in [0.1, 0.15) is 17.2 Å². The first-order chi connectivity index (χ1) is 16.2. The Hall–Kier alpha value is -2.97. The molecule has 0 aliphatic heterocycles. The van der Waals surface area contributed by atoms with E-state index in [4.69, 9.17) is 4.74 Å². The molecule has 2 rings (SSSR count). The molecule has 0 radical (unpaired) electrons. The predicted octanol–water partition coefficient (Wildman–Crippen LogP) is 5.96. The fraction of sp³-hybridized carbons (Fsp3) is 0.500. The van der Waals surface area contributed by atoms with E-state index in [0.717, 1.165) is 5.56 Å². The molecule has 1 aromatic carbocycles. The van der Waals surface area contributed by atoms with Crippen LogP contribution in [0.4, 0.5) is 17.6 Å². The van der Waals surface area contributed by atoms with E-state index in [1.165, 1.54) is 0 Å². The van der Waals surface area contributed by atoms with Crippen LogP contribution in [0.2, 0.25) is 0 Å². The number of benzene rings is 1. The van der Waals surface area contributed by atoms with Crippen molar-refractivity contribution in [2.75, 3.05) is 6.54 Å². The van der Waals surface area contributed by atoms with Gasteiger partial charge in [-0.1, -0.05) is 25.1 Å². The predicted molar refractivity (Wildman–Crippen MR) is 123 cm³/mol. The second-order valence-corrected chi connectivity index (χ2v) is 9.49. The summed E-state index contributed by atoms with van der Waals surface area (Å²) in [4.78, 5) is 36.7. The summed E-state index contributed by atoms with van der Waals surface area (Å²) in [5.74, 6) is -4.04. The summed E-state index contributed by atoms with van der Waals surface area (Å²) in [6, 6.07) is 6.46.